The van der Waals surface area contributed by atoms with Gasteiger partial charge in [0.1, 0.15) is 6.54 Å². The number of nitrogens with zero attached hydrogens (tertiary/aromatic N) is 2. The Morgan fingerprint density at radius 3 is 2.46 bits per heavy atom. The molecule has 24 heavy (non-hydrogen) atoms. The van der Waals surface area contributed by atoms with E-state index in [1.165, 1.54) is 5.56 Å². The molecule has 0 saturated carbocycles. The lowest BCUT2D eigenvalue weighted by atomic mass is 10.1. The highest BCUT2D eigenvalue weighted by Crippen LogP contribution is 2.18. The van der Waals surface area contributed by atoms with E-state index in [0.29, 0.717) is 11.3 Å². The number of aryl methyl sites for hydroxylation is 2. The van der Waals surface area contributed by atoms with Gasteiger partial charge in [0.15, 0.2) is 0 Å². The summed E-state index contributed by atoms with van der Waals surface area (Å²) in [6.45, 7) is 4.24. The summed E-state index contributed by atoms with van der Waals surface area (Å²) in [5.41, 5.74) is 10.3. The van der Waals surface area contributed by atoms with Crippen LogP contribution in [0.2, 0.25) is 0 Å². The lowest BCUT2D eigenvalue weighted by Gasteiger charge is -2.08. The number of aromatic nitrogens is 2. The number of hydrogen-bond donors (Lipinski definition) is 2. The molecule has 122 valence electrons. The maximum atomic E-state index is 12.2. The third kappa shape index (κ3) is 3.12. The predicted molar refractivity (Wildman–Crippen MR) is 92.8 cm³/mol. The number of nitrogens with one attached hydrogen (secondary N) is 1. The zero-order valence-electron chi connectivity index (χ0n) is 13.5. The van der Waals surface area contributed by atoms with Gasteiger partial charge >= 0.3 is 0 Å². The molecule has 3 N–H and O–H groups in total. The molecule has 1 aromatic heterocycles. The first-order chi connectivity index (χ1) is 11.4. The summed E-state index contributed by atoms with van der Waals surface area (Å²) in [7, 11) is 0. The van der Waals surface area contributed by atoms with Crippen molar-refractivity contribution in [1.29, 1.82) is 0 Å². The SMILES string of the molecule is Cc1cc2ncn(CC(=O)Nc3ccc(C(N)=O)cc3)c2cc1C. The summed E-state index contributed by atoms with van der Waals surface area (Å²) in [4.78, 5) is 27.6. The quantitative estimate of drug-likeness (QED) is 0.773. The Kier molecular flexibility index (Phi) is 4.04. The molecule has 0 aliphatic carbocycles. The third-order valence-electron chi connectivity index (χ3n) is 4.00. The minimum absolute atomic E-state index is 0.163. The maximum absolute atomic E-state index is 12.2. The Balaban J connectivity index is 1.75. The van der Waals surface area contributed by atoms with Gasteiger partial charge in [-0.2, -0.15) is 0 Å². The van der Waals surface area contributed by atoms with Crippen LogP contribution in [0.1, 0.15) is 21.5 Å². The molecule has 0 atom stereocenters. The zero-order valence-corrected chi connectivity index (χ0v) is 13.5. The molecule has 3 aromatic rings. The van der Waals surface area contributed by atoms with Crippen LogP contribution in [-0.2, 0) is 11.3 Å². The Hall–Kier alpha value is -3.15. The number of primary amides is 1. The molecule has 3 rings (SSSR count). The average Bonchev–Trinajstić information content (AvgIpc) is 2.90. The predicted octanol–water partition coefficient (Wildman–Crippen LogP) is 2.39. The molecule has 6 nitrogen and oxygen atoms in total. The van der Waals surface area contributed by atoms with Crippen LogP contribution < -0.4 is 11.1 Å². The van der Waals surface area contributed by atoms with Crippen molar-refractivity contribution in [2.75, 3.05) is 5.32 Å². The standard InChI is InChI=1S/C18H18N4O2/c1-11-7-15-16(8-12(11)2)22(10-20-15)9-17(23)21-14-5-3-13(4-6-14)18(19)24/h3-8,10H,9H2,1-2H3,(H2,19,24)(H,21,23). The van der Waals surface area contributed by atoms with Crippen LogP contribution in [0.5, 0.6) is 0 Å². The molecule has 2 amide bonds. The van der Waals surface area contributed by atoms with Crippen LogP contribution in [0, 0.1) is 13.8 Å². The van der Waals surface area contributed by atoms with E-state index < -0.39 is 5.91 Å². The minimum atomic E-state index is -0.497. The van der Waals surface area contributed by atoms with E-state index in [9.17, 15) is 9.59 Å². The highest BCUT2D eigenvalue weighted by Gasteiger charge is 2.09. The molecule has 0 bridgehead atoms. The van der Waals surface area contributed by atoms with E-state index in [4.69, 9.17) is 5.73 Å². The number of rotatable bonds is 4. The molecule has 0 aliphatic heterocycles. The van der Waals surface area contributed by atoms with E-state index in [-0.39, 0.29) is 12.5 Å². The van der Waals surface area contributed by atoms with E-state index >= 15 is 0 Å². The van der Waals surface area contributed by atoms with Gasteiger partial charge in [0.2, 0.25) is 11.8 Å². The monoisotopic (exact) mass is 322 g/mol. The minimum Gasteiger partial charge on any atom is -0.366 e. The fourth-order valence-corrected chi connectivity index (χ4v) is 2.51. The lowest BCUT2D eigenvalue weighted by molar-refractivity contribution is -0.116. The normalized spacial score (nSPS) is 10.8. The number of benzene rings is 2. The van der Waals surface area contributed by atoms with Crippen LogP contribution in [0.3, 0.4) is 0 Å². The molecule has 6 heteroatoms. The largest absolute Gasteiger partial charge is 0.366 e. The number of anilines is 1. The van der Waals surface area contributed by atoms with Crippen molar-refractivity contribution in [2.24, 2.45) is 5.73 Å². The van der Waals surface area contributed by atoms with Crippen molar-refractivity contribution in [3.8, 4) is 0 Å². The summed E-state index contributed by atoms with van der Waals surface area (Å²) < 4.78 is 1.81. The van der Waals surface area contributed by atoms with Crippen molar-refractivity contribution in [3.63, 3.8) is 0 Å². The summed E-state index contributed by atoms with van der Waals surface area (Å²) in [6.07, 6.45) is 1.67. The van der Waals surface area contributed by atoms with Gasteiger partial charge in [-0.1, -0.05) is 0 Å². The molecule has 0 radical (unpaired) electrons. The van der Waals surface area contributed by atoms with Crippen molar-refractivity contribution >= 4 is 28.5 Å². The molecule has 1 heterocycles. The number of fused-ring (bicyclic) bond motifs is 1. The van der Waals surface area contributed by atoms with Gasteiger partial charge < -0.3 is 15.6 Å². The van der Waals surface area contributed by atoms with E-state index in [2.05, 4.69) is 10.3 Å². The van der Waals surface area contributed by atoms with E-state index in [0.717, 1.165) is 16.6 Å². The van der Waals surface area contributed by atoms with Crippen molar-refractivity contribution < 1.29 is 9.59 Å². The summed E-state index contributed by atoms with van der Waals surface area (Å²) >= 11 is 0. The number of carbonyl (C=O) groups is 2. The van der Waals surface area contributed by atoms with Gasteiger partial charge in [-0.25, -0.2) is 4.98 Å². The Labute approximate surface area is 139 Å². The molecular weight excluding hydrogens is 304 g/mol. The number of carbonyl (C=O) groups excluding carboxylic acids is 2. The first-order valence-corrected chi connectivity index (χ1v) is 7.56. The number of amides is 2. The molecule has 0 spiro atoms. The average molecular weight is 322 g/mol. The van der Waals surface area contributed by atoms with Crippen molar-refractivity contribution in [3.05, 3.63) is 59.4 Å². The van der Waals surface area contributed by atoms with Crippen LogP contribution in [-0.4, -0.2) is 21.4 Å². The van der Waals surface area contributed by atoms with Gasteiger partial charge in [-0.3, -0.25) is 9.59 Å². The lowest BCUT2D eigenvalue weighted by Crippen LogP contribution is -2.18. The second-order valence-corrected chi connectivity index (χ2v) is 5.79. The maximum Gasteiger partial charge on any atom is 0.248 e. The number of imidazole rings is 1. The Bertz CT molecular complexity index is 926. The van der Waals surface area contributed by atoms with Gasteiger partial charge in [0.25, 0.3) is 0 Å². The molecule has 2 aromatic carbocycles. The zero-order chi connectivity index (χ0) is 17.3. The molecular formula is C18H18N4O2. The smallest absolute Gasteiger partial charge is 0.248 e. The molecule has 0 aliphatic rings. The molecule has 0 saturated heterocycles. The van der Waals surface area contributed by atoms with Crippen LogP contribution in [0.4, 0.5) is 5.69 Å². The van der Waals surface area contributed by atoms with Crippen LogP contribution in [0.15, 0.2) is 42.7 Å². The highest BCUT2D eigenvalue weighted by atomic mass is 16.2. The van der Waals surface area contributed by atoms with Crippen LogP contribution in [0.25, 0.3) is 11.0 Å². The second kappa shape index (κ2) is 6.16. The Morgan fingerprint density at radius 1 is 1.12 bits per heavy atom. The van der Waals surface area contributed by atoms with Crippen LogP contribution >= 0.6 is 0 Å². The van der Waals surface area contributed by atoms with Crippen molar-refractivity contribution in [2.45, 2.75) is 20.4 Å². The topological polar surface area (TPSA) is 90.0 Å². The first-order valence-electron chi connectivity index (χ1n) is 7.56. The third-order valence-corrected chi connectivity index (χ3v) is 4.00. The van der Waals surface area contributed by atoms with E-state index in [1.807, 2.05) is 30.5 Å². The fraction of sp³-hybridized carbons (Fsp3) is 0.167. The second-order valence-electron chi connectivity index (χ2n) is 5.79. The van der Waals surface area contributed by atoms with Gasteiger partial charge in [-0.15, -0.1) is 0 Å². The fourth-order valence-electron chi connectivity index (χ4n) is 2.51. The van der Waals surface area contributed by atoms with Gasteiger partial charge in [0, 0.05) is 11.3 Å². The molecule has 0 fully saturated rings. The first kappa shape index (κ1) is 15.7. The van der Waals surface area contributed by atoms with Gasteiger partial charge in [0.05, 0.1) is 17.4 Å². The summed E-state index contributed by atoms with van der Waals surface area (Å²) in [5, 5.41) is 2.80. The summed E-state index contributed by atoms with van der Waals surface area (Å²) in [6, 6.07) is 10.5. The van der Waals surface area contributed by atoms with Gasteiger partial charge in [-0.05, 0) is 61.4 Å². The highest BCUT2D eigenvalue weighted by molar-refractivity contribution is 5.95. The van der Waals surface area contributed by atoms with Crippen molar-refractivity contribution in [1.82, 2.24) is 9.55 Å². The number of hydrogen-bond acceptors (Lipinski definition) is 3. The molecule has 0 unspecified atom stereocenters. The Morgan fingerprint density at radius 2 is 1.79 bits per heavy atom. The summed E-state index contributed by atoms with van der Waals surface area (Å²) in [5.74, 6) is -0.664. The van der Waals surface area contributed by atoms with E-state index in [1.54, 1.807) is 30.6 Å². The number of nitrogens with two attached hydrogens (primary N) is 1.